The summed E-state index contributed by atoms with van der Waals surface area (Å²) in [6.45, 7) is 13.0. The highest BCUT2D eigenvalue weighted by molar-refractivity contribution is 6.38. The number of nitrogens with one attached hydrogen (secondary N) is 5. The van der Waals surface area contributed by atoms with Crippen LogP contribution in [0.1, 0.15) is 104 Å². The van der Waals surface area contributed by atoms with E-state index in [2.05, 4.69) is 26.3 Å². The van der Waals surface area contributed by atoms with Crippen molar-refractivity contribution < 1.29 is 28.8 Å². The minimum atomic E-state index is -1.08. The third kappa shape index (κ3) is 8.70. The molecule has 6 atom stereocenters. The van der Waals surface area contributed by atoms with Gasteiger partial charge in [0.25, 0.3) is 11.8 Å². The molecule has 1 aromatic heterocycles. The quantitative estimate of drug-likeness (QED) is 0.210. The molecule has 3 fully saturated rings. The van der Waals surface area contributed by atoms with E-state index >= 15 is 0 Å². The average Bonchev–Trinajstić information content (AvgIpc) is 3.56. The highest BCUT2D eigenvalue weighted by atomic mass is 16.2. The molecule has 2 saturated carbocycles. The van der Waals surface area contributed by atoms with Crippen LogP contribution in [0.3, 0.4) is 0 Å². The minimum Gasteiger partial charge on any atom is -0.347 e. The van der Waals surface area contributed by atoms with E-state index < -0.39 is 75.9 Å². The van der Waals surface area contributed by atoms with E-state index in [0.29, 0.717) is 13.0 Å². The number of carbonyl (C=O) groups excluding carboxylic acids is 6. The van der Waals surface area contributed by atoms with Gasteiger partial charge in [-0.3, -0.25) is 33.6 Å². The molecule has 48 heavy (non-hydrogen) atoms. The molecule has 1 aromatic rings. The zero-order valence-electron chi connectivity index (χ0n) is 29.2. The second-order valence-corrected chi connectivity index (χ2v) is 15.8. The molecule has 3 aliphatic rings. The molecule has 2 unspecified atom stereocenters. The molecule has 1 aliphatic heterocycles. The minimum absolute atomic E-state index is 0.000248. The number of fused-ring (bicyclic) bond motifs is 1. The number of Topliss-reactive ketones (excluding diaryl/α,β-unsaturated/α-hetero) is 1. The zero-order chi connectivity index (χ0) is 35.6. The highest BCUT2D eigenvalue weighted by Crippen LogP contribution is 2.43. The lowest BCUT2D eigenvalue weighted by Gasteiger charge is -2.38. The number of hydrogen-bond donors (Lipinski definition) is 5. The number of carbonyl (C=O) groups is 6. The predicted molar refractivity (Wildman–Crippen MR) is 178 cm³/mol. The number of aromatic nitrogens is 1. The summed E-state index contributed by atoms with van der Waals surface area (Å²) in [7, 11) is 0. The standard InChI is InChI=1S/C35H52N6O7/c1-8-11-22(26(43)31(46)36-20-16-17-20)38-30(45)25-21-13-9-12-19(21)18-41(25)33(48)28(35(5,6)7)40-32(47)27(34(2,3)4)39-29(44)23-14-10-15-24(42)37-23/h10,14-15,19-22,25,27-28H,8-9,11-13,16-18H2,1-7H3,(H,36,46)(H,37,42)(H,38,45)(H,39,44)(H,40,47)/t19?,21?,22-,25+,27+,28-/m1/s1. The highest BCUT2D eigenvalue weighted by Gasteiger charge is 2.52. The number of pyridine rings is 1. The molecule has 2 aliphatic carbocycles. The SMILES string of the molecule is CCC[C@@H](NC(=O)[C@@H]1C2CCCC2CN1C(=O)[C@@H](NC(=O)[C@H](NC(=O)c1cccc(=O)[nH]1)C(C)(C)C)C(C)(C)C)C(=O)C(=O)NC1CC1. The smallest absolute Gasteiger partial charge is 0.289 e. The molecule has 264 valence electrons. The summed E-state index contributed by atoms with van der Waals surface area (Å²) in [6, 6.07) is 0.142. The Hall–Kier alpha value is -4.03. The molecule has 13 heteroatoms. The Balaban J connectivity index is 1.56. The van der Waals surface area contributed by atoms with Gasteiger partial charge in [0, 0.05) is 18.7 Å². The first-order chi connectivity index (χ1) is 22.4. The molecule has 2 heterocycles. The summed E-state index contributed by atoms with van der Waals surface area (Å²) < 4.78 is 0. The number of likely N-dealkylation sites (tertiary alicyclic amines) is 1. The molecular formula is C35H52N6O7. The van der Waals surface area contributed by atoms with Crippen LogP contribution in [-0.2, 0) is 24.0 Å². The lowest BCUT2D eigenvalue weighted by Crippen LogP contribution is -2.63. The van der Waals surface area contributed by atoms with E-state index in [1.54, 1.807) is 20.8 Å². The van der Waals surface area contributed by atoms with E-state index in [9.17, 15) is 33.6 Å². The Bertz CT molecular complexity index is 1470. The van der Waals surface area contributed by atoms with Crippen LogP contribution in [0.2, 0.25) is 0 Å². The van der Waals surface area contributed by atoms with Gasteiger partial charge in [-0.15, -0.1) is 0 Å². The topological polar surface area (TPSA) is 187 Å². The van der Waals surface area contributed by atoms with Crippen molar-refractivity contribution in [3.63, 3.8) is 0 Å². The Morgan fingerprint density at radius 1 is 0.896 bits per heavy atom. The van der Waals surface area contributed by atoms with E-state index in [4.69, 9.17) is 0 Å². The van der Waals surface area contributed by atoms with Crippen molar-refractivity contribution >= 4 is 35.3 Å². The Morgan fingerprint density at radius 2 is 1.56 bits per heavy atom. The molecule has 0 bridgehead atoms. The zero-order valence-corrected chi connectivity index (χ0v) is 29.2. The summed E-state index contributed by atoms with van der Waals surface area (Å²) in [6.07, 6.45) is 5.02. The van der Waals surface area contributed by atoms with Crippen LogP contribution in [0.5, 0.6) is 0 Å². The number of ketones is 1. The molecule has 5 amide bonds. The van der Waals surface area contributed by atoms with Gasteiger partial charge in [0.05, 0.1) is 6.04 Å². The Morgan fingerprint density at radius 3 is 2.15 bits per heavy atom. The van der Waals surface area contributed by atoms with Gasteiger partial charge in [0.15, 0.2) is 0 Å². The van der Waals surface area contributed by atoms with Gasteiger partial charge in [-0.2, -0.15) is 0 Å². The van der Waals surface area contributed by atoms with Gasteiger partial charge < -0.3 is 31.2 Å². The number of nitrogens with zero attached hydrogens (tertiary/aromatic N) is 1. The normalized spacial score (nSPS) is 22.6. The Kier molecular flexibility index (Phi) is 11.2. The van der Waals surface area contributed by atoms with Crippen LogP contribution in [-0.4, -0.2) is 82.0 Å². The lowest BCUT2D eigenvalue weighted by molar-refractivity contribution is -0.146. The van der Waals surface area contributed by atoms with Crippen LogP contribution < -0.4 is 26.8 Å². The molecule has 0 radical (unpaired) electrons. The van der Waals surface area contributed by atoms with Gasteiger partial charge >= 0.3 is 0 Å². The lowest BCUT2D eigenvalue weighted by atomic mass is 9.82. The largest absolute Gasteiger partial charge is 0.347 e. The average molecular weight is 669 g/mol. The van der Waals surface area contributed by atoms with Gasteiger partial charge in [-0.1, -0.05) is 67.4 Å². The summed E-state index contributed by atoms with van der Waals surface area (Å²) in [5.74, 6) is -3.55. The van der Waals surface area contributed by atoms with Gasteiger partial charge in [-0.25, -0.2) is 0 Å². The first kappa shape index (κ1) is 36.8. The van der Waals surface area contributed by atoms with Crippen LogP contribution >= 0.6 is 0 Å². The van der Waals surface area contributed by atoms with Gasteiger partial charge in [0.1, 0.15) is 23.8 Å². The predicted octanol–water partition coefficient (Wildman–Crippen LogP) is 1.81. The molecular weight excluding hydrogens is 616 g/mol. The van der Waals surface area contributed by atoms with Crippen molar-refractivity contribution in [1.82, 2.24) is 31.2 Å². The number of H-pyrrole nitrogens is 1. The van der Waals surface area contributed by atoms with Crippen molar-refractivity contribution in [2.24, 2.45) is 22.7 Å². The van der Waals surface area contributed by atoms with E-state index in [-0.39, 0.29) is 30.0 Å². The monoisotopic (exact) mass is 668 g/mol. The van der Waals surface area contributed by atoms with E-state index in [1.807, 2.05) is 27.7 Å². The maximum Gasteiger partial charge on any atom is 0.289 e. The summed E-state index contributed by atoms with van der Waals surface area (Å²) in [4.78, 5) is 97.0. The molecule has 5 N–H and O–H groups in total. The second kappa shape index (κ2) is 14.6. The second-order valence-electron chi connectivity index (χ2n) is 15.8. The van der Waals surface area contributed by atoms with Crippen molar-refractivity contribution in [2.45, 2.75) is 124 Å². The van der Waals surface area contributed by atoms with Crippen LogP contribution in [0.4, 0.5) is 0 Å². The van der Waals surface area contributed by atoms with Crippen molar-refractivity contribution in [3.8, 4) is 0 Å². The number of amides is 5. The molecule has 13 nitrogen and oxygen atoms in total. The number of rotatable bonds is 12. The fraction of sp³-hybridized carbons (Fsp3) is 0.686. The fourth-order valence-corrected chi connectivity index (χ4v) is 6.83. The van der Waals surface area contributed by atoms with E-state index in [1.165, 1.54) is 23.1 Å². The molecule has 1 saturated heterocycles. The third-order valence-corrected chi connectivity index (χ3v) is 9.61. The van der Waals surface area contributed by atoms with Crippen molar-refractivity contribution in [1.29, 1.82) is 0 Å². The molecule has 0 spiro atoms. The fourth-order valence-electron chi connectivity index (χ4n) is 6.83. The summed E-state index contributed by atoms with van der Waals surface area (Å²) in [5, 5.41) is 11.1. The number of hydrogen-bond acceptors (Lipinski definition) is 7. The Labute approximate surface area is 282 Å². The maximum atomic E-state index is 14.5. The first-order valence-electron chi connectivity index (χ1n) is 17.2. The summed E-state index contributed by atoms with van der Waals surface area (Å²) in [5.41, 5.74) is -2.03. The maximum absolute atomic E-state index is 14.5. The van der Waals surface area contributed by atoms with Crippen LogP contribution in [0.25, 0.3) is 0 Å². The number of aromatic amines is 1. The van der Waals surface area contributed by atoms with Crippen molar-refractivity contribution in [3.05, 3.63) is 34.2 Å². The third-order valence-electron chi connectivity index (χ3n) is 9.61. The first-order valence-corrected chi connectivity index (χ1v) is 17.2. The van der Waals surface area contributed by atoms with Crippen LogP contribution in [0, 0.1) is 22.7 Å². The van der Waals surface area contributed by atoms with Gasteiger partial charge in [-0.05, 0) is 60.8 Å². The molecule has 4 rings (SSSR count). The summed E-state index contributed by atoms with van der Waals surface area (Å²) >= 11 is 0. The van der Waals surface area contributed by atoms with Gasteiger partial charge in [0.2, 0.25) is 29.1 Å². The van der Waals surface area contributed by atoms with Crippen molar-refractivity contribution in [2.75, 3.05) is 6.54 Å². The molecule has 0 aromatic carbocycles. The van der Waals surface area contributed by atoms with Crippen LogP contribution in [0.15, 0.2) is 23.0 Å². The van der Waals surface area contributed by atoms with E-state index in [0.717, 1.165) is 32.1 Å².